The Hall–Kier alpha value is -1.30. The van der Waals surface area contributed by atoms with Crippen molar-refractivity contribution in [1.82, 2.24) is 4.98 Å². The van der Waals surface area contributed by atoms with Gasteiger partial charge in [-0.3, -0.25) is 0 Å². The topological polar surface area (TPSA) is 34.1 Å². The number of halogens is 1. The van der Waals surface area contributed by atoms with Gasteiger partial charge in [-0.05, 0) is 71.5 Å². The summed E-state index contributed by atoms with van der Waals surface area (Å²) in [6.07, 6.45) is 1.80. The molecule has 0 saturated heterocycles. The Labute approximate surface area is 121 Å². The number of nitrogens with zero attached hydrogens (tertiary/aromatic N) is 1. The van der Waals surface area contributed by atoms with Gasteiger partial charge in [0.15, 0.2) is 0 Å². The summed E-state index contributed by atoms with van der Waals surface area (Å²) in [4.78, 5) is 4.23. The van der Waals surface area contributed by atoms with Gasteiger partial charge in [-0.1, -0.05) is 0 Å². The van der Waals surface area contributed by atoms with Crippen LogP contribution in [-0.2, 0) is 6.61 Å². The van der Waals surface area contributed by atoms with E-state index in [1.54, 1.807) is 6.20 Å². The molecule has 0 fully saturated rings. The SMILES string of the molecule is CCNc1cc(COc2ccc(I)cc2)ccn1. The molecule has 0 saturated carbocycles. The first-order chi connectivity index (χ1) is 8.78. The van der Waals surface area contributed by atoms with Gasteiger partial charge >= 0.3 is 0 Å². The van der Waals surface area contributed by atoms with E-state index in [1.165, 1.54) is 3.57 Å². The molecule has 1 aromatic heterocycles. The van der Waals surface area contributed by atoms with E-state index in [0.29, 0.717) is 6.61 Å². The highest BCUT2D eigenvalue weighted by Crippen LogP contribution is 2.16. The van der Waals surface area contributed by atoms with Crippen LogP contribution in [0.5, 0.6) is 5.75 Å². The van der Waals surface area contributed by atoms with Crippen LogP contribution in [0.2, 0.25) is 0 Å². The summed E-state index contributed by atoms with van der Waals surface area (Å²) in [5.74, 6) is 1.78. The molecule has 4 heteroatoms. The first-order valence-corrected chi connectivity index (χ1v) is 6.93. The molecule has 2 aromatic rings. The van der Waals surface area contributed by atoms with Gasteiger partial charge in [0.25, 0.3) is 0 Å². The van der Waals surface area contributed by atoms with E-state index in [9.17, 15) is 0 Å². The largest absolute Gasteiger partial charge is 0.489 e. The molecule has 2 rings (SSSR count). The number of pyridine rings is 1. The lowest BCUT2D eigenvalue weighted by molar-refractivity contribution is 0.306. The fourth-order valence-corrected chi connectivity index (χ4v) is 1.90. The minimum Gasteiger partial charge on any atom is -0.489 e. The Morgan fingerprint density at radius 1 is 1.22 bits per heavy atom. The van der Waals surface area contributed by atoms with Gasteiger partial charge in [-0.25, -0.2) is 4.98 Å². The zero-order valence-electron chi connectivity index (χ0n) is 10.2. The lowest BCUT2D eigenvalue weighted by atomic mass is 10.2. The molecule has 0 unspecified atom stereocenters. The molecule has 0 aliphatic heterocycles. The molecule has 0 aliphatic carbocycles. The van der Waals surface area contributed by atoms with Gasteiger partial charge in [-0.15, -0.1) is 0 Å². The number of aromatic nitrogens is 1. The third-order valence-corrected chi connectivity index (χ3v) is 3.12. The molecule has 94 valence electrons. The van der Waals surface area contributed by atoms with E-state index in [4.69, 9.17) is 4.74 Å². The fourth-order valence-electron chi connectivity index (χ4n) is 1.54. The number of nitrogens with one attached hydrogen (secondary N) is 1. The Kier molecular flexibility index (Phi) is 4.81. The van der Waals surface area contributed by atoms with Crippen LogP contribution in [0, 0.1) is 3.57 Å². The second-order valence-electron chi connectivity index (χ2n) is 3.82. The molecule has 3 nitrogen and oxygen atoms in total. The summed E-state index contributed by atoms with van der Waals surface area (Å²) in [7, 11) is 0. The van der Waals surface area contributed by atoms with Crippen molar-refractivity contribution in [2.45, 2.75) is 13.5 Å². The molecule has 1 heterocycles. The normalized spacial score (nSPS) is 10.1. The van der Waals surface area contributed by atoms with Crippen LogP contribution in [0.15, 0.2) is 42.6 Å². The first-order valence-electron chi connectivity index (χ1n) is 5.85. The van der Waals surface area contributed by atoms with Gasteiger partial charge in [-0.2, -0.15) is 0 Å². The van der Waals surface area contributed by atoms with E-state index in [0.717, 1.165) is 23.7 Å². The minimum atomic E-state index is 0.557. The molecular formula is C14H15IN2O. The molecule has 18 heavy (non-hydrogen) atoms. The van der Waals surface area contributed by atoms with Crippen LogP contribution in [0.25, 0.3) is 0 Å². The first kappa shape index (κ1) is 13.1. The number of benzene rings is 1. The standard InChI is InChI=1S/C14H15IN2O/c1-2-16-14-9-11(7-8-17-14)10-18-13-5-3-12(15)4-6-13/h3-9H,2,10H2,1H3,(H,16,17). The van der Waals surface area contributed by atoms with E-state index in [2.05, 4.69) is 39.8 Å². The van der Waals surface area contributed by atoms with Crippen LogP contribution >= 0.6 is 22.6 Å². The summed E-state index contributed by atoms with van der Waals surface area (Å²) >= 11 is 2.28. The van der Waals surface area contributed by atoms with Crippen LogP contribution in [0.1, 0.15) is 12.5 Å². The summed E-state index contributed by atoms with van der Waals surface area (Å²) < 4.78 is 6.93. The lowest BCUT2D eigenvalue weighted by Crippen LogP contribution is -2.01. The molecular weight excluding hydrogens is 339 g/mol. The highest BCUT2D eigenvalue weighted by Gasteiger charge is 1.98. The smallest absolute Gasteiger partial charge is 0.126 e. The van der Waals surface area contributed by atoms with Gasteiger partial charge < -0.3 is 10.1 Å². The average molecular weight is 354 g/mol. The van der Waals surface area contributed by atoms with Crippen molar-refractivity contribution in [3.05, 3.63) is 51.7 Å². The average Bonchev–Trinajstić information content (AvgIpc) is 2.39. The van der Waals surface area contributed by atoms with Gasteiger partial charge in [0.2, 0.25) is 0 Å². The van der Waals surface area contributed by atoms with Crippen LogP contribution < -0.4 is 10.1 Å². The van der Waals surface area contributed by atoms with Gasteiger partial charge in [0.05, 0.1) is 0 Å². The Morgan fingerprint density at radius 2 is 2.00 bits per heavy atom. The number of hydrogen-bond donors (Lipinski definition) is 1. The third-order valence-electron chi connectivity index (χ3n) is 2.40. The molecule has 0 spiro atoms. The van der Waals surface area contributed by atoms with Gasteiger partial charge in [0, 0.05) is 16.3 Å². The Balaban J connectivity index is 1.97. The highest BCUT2D eigenvalue weighted by molar-refractivity contribution is 14.1. The van der Waals surface area contributed by atoms with Gasteiger partial charge in [0.1, 0.15) is 18.2 Å². The third kappa shape index (κ3) is 3.87. The summed E-state index contributed by atoms with van der Waals surface area (Å²) in [6.45, 7) is 3.48. The fraction of sp³-hybridized carbons (Fsp3) is 0.214. The number of anilines is 1. The predicted molar refractivity (Wildman–Crippen MR) is 81.9 cm³/mol. The molecule has 0 amide bonds. The zero-order chi connectivity index (χ0) is 12.8. The van der Waals surface area contributed by atoms with Crippen molar-refractivity contribution >= 4 is 28.4 Å². The van der Waals surface area contributed by atoms with Crippen LogP contribution in [0.4, 0.5) is 5.82 Å². The quantitative estimate of drug-likeness (QED) is 0.832. The predicted octanol–water partition coefficient (Wildman–Crippen LogP) is 3.70. The van der Waals surface area contributed by atoms with Crippen molar-refractivity contribution in [3.63, 3.8) is 0 Å². The number of hydrogen-bond acceptors (Lipinski definition) is 3. The molecule has 1 N–H and O–H groups in total. The summed E-state index contributed by atoms with van der Waals surface area (Å²) in [5.41, 5.74) is 1.11. The van der Waals surface area contributed by atoms with E-state index in [1.807, 2.05) is 36.4 Å². The maximum Gasteiger partial charge on any atom is 0.126 e. The minimum absolute atomic E-state index is 0.557. The maximum atomic E-state index is 5.72. The lowest BCUT2D eigenvalue weighted by Gasteiger charge is -2.08. The van der Waals surface area contributed by atoms with E-state index < -0.39 is 0 Å². The van der Waals surface area contributed by atoms with Crippen molar-refractivity contribution in [3.8, 4) is 5.75 Å². The second-order valence-corrected chi connectivity index (χ2v) is 5.07. The van der Waals surface area contributed by atoms with E-state index >= 15 is 0 Å². The Morgan fingerprint density at radius 3 is 2.72 bits per heavy atom. The van der Waals surface area contributed by atoms with Crippen molar-refractivity contribution in [2.75, 3.05) is 11.9 Å². The molecule has 0 aliphatic rings. The summed E-state index contributed by atoms with van der Waals surface area (Å²) in [5, 5.41) is 3.19. The maximum absolute atomic E-state index is 5.72. The zero-order valence-corrected chi connectivity index (χ0v) is 12.3. The summed E-state index contributed by atoms with van der Waals surface area (Å²) in [6, 6.07) is 12.0. The second kappa shape index (κ2) is 6.58. The number of ether oxygens (including phenoxy) is 1. The van der Waals surface area contributed by atoms with Crippen molar-refractivity contribution in [2.24, 2.45) is 0 Å². The van der Waals surface area contributed by atoms with Crippen LogP contribution in [-0.4, -0.2) is 11.5 Å². The Bertz CT molecular complexity index is 499. The number of rotatable bonds is 5. The molecule has 0 atom stereocenters. The molecule has 0 bridgehead atoms. The van der Waals surface area contributed by atoms with Crippen LogP contribution in [0.3, 0.4) is 0 Å². The monoisotopic (exact) mass is 354 g/mol. The highest BCUT2D eigenvalue weighted by atomic mass is 127. The van der Waals surface area contributed by atoms with Crippen molar-refractivity contribution in [1.29, 1.82) is 0 Å². The van der Waals surface area contributed by atoms with Crippen molar-refractivity contribution < 1.29 is 4.74 Å². The molecule has 1 aromatic carbocycles. The molecule has 0 radical (unpaired) electrons. The van der Waals surface area contributed by atoms with E-state index in [-0.39, 0.29) is 0 Å².